The molecule has 10 atom stereocenters. The molecule has 1 radical (unpaired) electrons. The molecule has 1 aromatic heterocycles. The highest BCUT2D eigenvalue weighted by molar-refractivity contribution is 5.95. The standard InChI is InChI=1S/C46H58N5O8/c1-8-43-16-12-18-51-20-17-44(37(43)51)31-21-32(35(57-6)22-34(31)49(5)38(44)46(56,40(53)47-9-2)39(43)59-27(3)52)45(41(54)58-7)24-28-23-42(4,55)26-50(25-28)19-15-30-29-13-10-11-14-33(29)48-36(30)45/h10-14,16,21-23,28,37-39,48,55-56H,8-9,15,17-20,24-26H2,1-7H3,(H,47,53)/t28?,37?,38?,39-,42+,43-,44?,45+,46+/m1/s1. The molecular formula is C46H58N5O8. The lowest BCUT2D eigenvalue weighted by molar-refractivity contribution is -0.217. The maximum absolute atomic E-state index is 15.3. The van der Waals surface area contributed by atoms with Gasteiger partial charge in [0.2, 0.25) is 5.60 Å². The van der Waals surface area contributed by atoms with Gasteiger partial charge in [-0.25, -0.2) is 0 Å². The second-order valence-electron chi connectivity index (χ2n) is 18.2. The first-order valence-corrected chi connectivity index (χ1v) is 21.2. The van der Waals surface area contributed by atoms with Crippen LogP contribution in [0.1, 0.15) is 69.3 Å². The predicted octanol–water partition coefficient (Wildman–Crippen LogP) is 3.38. The van der Waals surface area contributed by atoms with Gasteiger partial charge in [0.25, 0.3) is 5.91 Å². The summed E-state index contributed by atoms with van der Waals surface area (Å²) in [5.41, 5.74) is -1.62. The number of nitrogens with zero attached hydrogens (tertiary/aromatic N) is 3. The minimum atomic E-state index is -2.19. The number of aromatic nitrogens is 1. The highest BCUT2D eigenvalue weighted by Crippen LogP contribution is 2.68. The van der Waals surface area contributed by atoms with E-state index in [4.69, 9.17) is 14.2 Å². The summed E-state index contributed by atoms with van der Waals surface area (Å²) in [6.07, 6.45) is 6.93. The molecule has 3 aromatic rings. The molecule has 59 heavy (non-hydrogen) atoms. The van der Waals surface area contributed by atoms with E-state index in [1.54, 1.807) is 7.11 Å². The number of aromatic amines is 1. The zero-order valence-corrected chi connectivity index (χ0v) is 35.3. The first kappa shape index (κ1) is 40.0. The van der Waals surface area contributed by atoms with Crippen LogP contribution in [0.5, 0.6) is 5.75 Å². The van der Waals surface area contributed by atoms with Gasteiger partial charge in [-0.2, -0.15) is 0 Å². The number of para-hydroxylation sites is 1. The van der Waals surface area contributed by atoms with Crippen LogP contribution in [-0.4, -0.2) is 133 Å². The fourth-order valence-corrected chi connectivity index (χ4v) is 13.3. The zero-order valence-electron chi connectivity index (χ0n) is 35.3. The average Bonchev–Trinajstić information content (AvgIpc) is 3.87. The van der Waals surface area contributed by atoms with Crippen molar-refractivity contribution in [1.29, 1.82) is 0 Å². The zero-order chi connectivity index (χ0) is 41.9. The molecule has 315 valence electrons. The number of hydrogen-bond acceptors (Lipinski definition) is 11. The van der Waals surface area contributed by atoms with Crippen molar-refractivity contribution in [3.63, 3.8) is 0 Å². The molecule has 1 amide bonds. The second kappa shape index (κ2) is 13.8. The van der Waals surface area contributed by atoms with Crippen molar-refractivity contribution in [2.75, 3.05) is 65.4 Å². The first-order valence-electron chi connectivity index (χ1n) is 21.2. The van der Waals surface area contributed by atoms with Gasteiger partial charge in [-0.1, -0.05) is 37.3 Å². The Kier molecular flexibility index (Phi) is 9.36. The number of fused-ring (bicyclic) bond motifs is 6. The Morgan fingerprint density at radius 3 is 2.54 bits per heavy atom. The molecule has 6 aliphatic rings. The highest BCUT2D eigenvalue weighted by Gasteiger charge is 2.80. The summed E-state index contributed by atoms with van der Waals surface area (Å²) in [5, 5.41) is 29.1. The lowest BCUT2D eigenvalue weighted by Gasteiger charge is -2.63. The van der Waals surface area contributed by atoms with Crippen molar-refractivity contribution in [2.24, 2.45) is 11.3 Å². The molecule has 6 heterocycles. The number of rotatable bonds is 7. The maximum Gasteiger partial charge on any atom is 0.322 e. The third-order valence-corrected chi connectivity index (χ3v) is 15.0. The number of carbonyl (C=O) groups is 3. The van der Waals surface area contributed by atoms with Crippen LogP contribution in [0, 0.1) is 17.8 Å². The monoisotopic (exact) mass is 808 g/mol. The van der Waals surface area contributed by atoms with E-state index in [0.717, 1.165) is 33.4 Å². The van der Waals surface area contributed by atoms with E-state index in [1.807, 2.05) is 63.4 Å². The van der Waals surface area contributed by atoms with Gasteiger partial charge in [-0.3, -0.25) is 24.2 Å². The lowest BCUT2D eigenvalue weighted by atomic mass is 9.47. The van der Waals surface area contributed by atoms with Crippen LogP contribution in [-0.2, 0) is 41.1 Å². The highest BCUT2D eigenvalue weighted by atomic mass is 16.6. The summed E-state index contributed by atoms with van der Waals surface area (Å²) < 4.78 is 18.5. The number of likely N-dealkylation sites (N-methyl/N-ethyl adjacent to an activating group) is 2. The van der Waals surface area contributed by atoms with E-state index in [0.29, 0.717) is 63.3 Å². The SMILES string of the molecule is CCNC(=O)[C@]1(O)C2N(C)c3cc(OC)c([C@@]4(C(=O)OC)CC5[CH][C@](C)(O)CN(CCc6c4[nH]c4ccccc64)C5)cc3C23CCN2CC=C[C@](CC)(C23)[C@H]1OC(C)=O. The number of ether oxygens (including phenoxy) is 3. The molecule has 2 bridgehead atoms. The lowest BCUT2D eigenvalue weighted by Crippen LogP contribution is -2.82. The predicted molar refractivity (Wildman–Crippen MR) is 222 cm³/mol. The van der Waals surface area contributed by atoms with Crippen LogP contribution < -0.4 is 15.0 Å². The van der Waals surface area contributed by atoms with Crippen molar-refractivity contribution in [3.8, 4) is 5.75 Å². The average molecular weight is 809 g/mol. The fourth-order valence-electron chi connectivity index (χ4n) is 13.3. The molecule has 1 saturated carbocycles. The van der Waals surface area contributed by atoms with Gasteiger partial charge in [-0.05, 0) is 81.7 Å². The van der Waals surface area contributed by atoms with Gasteiger partial charge in [-0.15, -0.1) is 0 Å². The number of carbonyl (C=O) groups excluding carboxylic acids is 3. The van der Waals surface area contributed by atoms with E-state index in [9.17, 15) is 19.8 Å². The normalized spacial score (nSPS) is 37.0. The second-order valence-corrected chi connectivity index (χ2v) is 18.2. The van der Waals surface area contributed by atoms with Crippen LogP contribution in [0.15, 0.2) is 48.6 Å². The van der Waals surface area contributed by atoms with Gasteiger partial charge in [0.15, 0.2) is 6.10 Å². The first-order chi connectivity index (χ1) is 28.2. The van der Waals surface area contributed by atoms with Gasteiger partial charge >= 0.3 is 11.9 Å². The van der Waals surface area contributed by atoms with Crippen molar-refractivity contribution in [1.82, 2.24) is 20.1 Å². The topological polar surface area (TPSA) is 157 Å². The van der Waals surface area contributed by atoms with E-state index >= 15 is 4.79 Å². The van der Waals surface area contributed by atoms with E-state index in [-0.39, 0.29) is 24.9 Å². The molecule has 13 heteroatoms. The third-order valence-electron chi connectivity index (χ3n) is 15.0. The summed E-state index contributed by atoms with van der Waals surface area (Å²) >= 11 is 0. The van der Waals surface area contributed by atoms with Crippen molar-refractivity contribution < 1.29 is 38.8 Å². The number of hydrogen-bond donors (Lipinski definition) is 4. The van der Waals surface area contributed by atoms with Crippen LogP contribution in [0.3, 0.4) is 0 Å². The number of anilines is 1. The van der Waals surface area contributed by atoms with Crippen LogP contribution in [0.4, 0.5) is 5.69 Å². The van der Waals surface area contributed by atoms with Gasteiger partial charge in [0, 0.05) is 97.5 Å². The minimum Gasteiger partial charge on any atom is -0.496 e. The molecule has 1 spiro atoms. The number of amides is 1. The molecule has 2 aromatic carbocycles. The van der Waals surface area contributed by atoms with Crippen LogP contribution in [0.2, 0.25) is 0 Å². The molecule has 9 rings (SSSR count). The van der Waals surface area contributed by atoms with Crippen molar-refractivity contribution in [3.05, 3.63) is 77.4 Å². The Balaban J connectivity index is 1.36. The molecular weight excluding hydrogens is 751 g/mol. The Morgan fingerprint density at radius 2 is 1.83 bits per heavy atom. The van der Waals surface area contributed by atoms with Crippen LogP contribution in [0.25, 0.3) is 10.9 Å². The summed E-state index contributed by atoms with van der Waals surface area (Å²) in [4.78, 5) is 53.5. The number of H-pyrrole nitrogens is 1. The number of methoxy groups -OCH3 is 2. The van der Waals surface area contributed by atoms with Crippen LogP contribution >= 0.6 is 0 Å². The van der Waals surface area contributed by atoms with E-state index in [1.165, 1.54) is 14.0 Å². The maximum atomic E-state index is 15.3. The summed E-state index contributed by atoms with van der Waals surface area (Å²) in [6, 6.07) is 11.0. The summed E-state index contributed by atoms with van der Waals surface area (Å²) in [6.45, 7) is 10.4. The number of piperidine rings is 1. The Hall–Kier alpha value is -4.43. The smallest absolute Gasteiger partial charge is 0.322 e. The Labute approximate surface area is 346 Å². The third kappa shape index (κ3) is 5.32. The number of benzene rings is 2. The number of aliphatic hydroxyl groups is 2. The van der Waals surface area contributed by atoms with E-state index < -0.39 is 57.4 Å². The molecule has 5 aliphatic heterocycles. The molecule has 1 aliphatic carbocycles. The van der Waals surface area contributed by atoms with Crippen molar-refractivity contribution >= 4 is 34.4 Å². The number of nitrogens with one attached hydrogen (secondary N) is 2. The molecule has 13 nitrogen and oxygen atoms in total. The molecule has 3 fully saturated rings. The molecule has 5 unspecified atom stereocenters. The molecule has 4 N–H and O–H groups in total. The van der Waals surface area contributed by atoms with Gasteiger partial charge < -0.3 is 39.6 Å². The minimum absolute atomic E-state index is 0.220. The Bertz CT molecular complexity index is 2250. The van der Waals surface area contributed by atoms with E-state index in [2.05, 4.69) is 44.4 Å². The van der Waals surface area contributed by atoms with Gasteiger partial charge in [0.1, 0.15) is 11.2 Å². The summed E-state index contributed by atoms with van der Waals surface area (Å²) in [5.74, 6) is -1.39. The largest absolute Gasteiger partial charge is 0.496 e. The van der Waals surface area contributed by atoms with Gasteiger partial charge in [0.05, 0.1) is 25.9 Å². The quantitative estimate of drug-likeness (QED) is 0.205. The summed E-state index contributed by atoms with van der Waals surface area (Å²) in [7, 11) is 4.92. The molecule has 2 saturated heterocycles. The fraction of sp³-hybridized carbons (Fsp3) is 0.565. The number of esters is 2. The van der Waals surface area contributed by atoms with Crippen molar-refractivity contribution in [2.45, 2.75) is 93.6 Å². The Morgan fingerprint density at radius 1 is 1.05 bits per heavy atom.